The molecule has 2 aromatic carbocycles. The van der Waals surface area contributed by atoms with Crippen molar-refractivity contribution in [3.05, 3.63) is 54.3 Å². The largest absolute Gasteiger partial charge is 0.508 e. The zero-order chi connectivity index (χ0) is 16.2. The lowest BCUT2D eigenvalue weighted by Crippen LogP contribution is -2.50. The Hall–Kier alpha value is -2.76. The van der Waals surface area contributed by atoms with Gasteiger partial charge in [0.25, 0.3) is 0 Å². The second-order valence-corrected chi connectivity index (χ2v) is 5.43. The van der Waals surface area contributed by atoms with Crippen LogP contribution in [0.1, 0.15) is 0 Å². The first-order valence-corrected chi connectivity index (χ1v) is 7.47. The topological polar surface area (TPSA) is 55.8 Å². The summed E-state index contributed by atoms with van der Waals surface area (Å²) in [5.74, 6) is -0.0956. The maximum absolute atomic E-state index is 12.9. The van der Waals surface area contributed by atoms with Gasteiger partial charge in [-0.15, -0.1) is 0 Å². The van der Waals surface area contributed by atoms with Crippen LogP contribution in [0.15, 0.2) is 48.5 Å². The highest BCUT2D eigenvalue weighted by molar-refractivity contribution is 5.89. The minimum absolute atomic E-state index is 0.188. The van der Waals surface area contributed by atoms with Crippen molar-refractivity contribution in [2.75, 3.05) is 36.4 Å². The number of rotatable bonds is 2. The normalized spacial score (nSPS) is 14.7. The quantitative estimate of drug-likeness (QED) is 0.896. The molecule has 0 spiro atoms. The maximum Gasteiger partial charge on any atom is 0.321 e. The molecule has 0 bridgehead atoms. The molecule has 1 aliphatic heterocycles. The number of carbonyl (C=O) groups excluding carboxylic acids is 1. The summed E-state index contributed by atoms with van der Waals surface area (Å²) >= 11 is 0. The Morgan fingerprint density at radius 1 is 1.04 bits per heavy atom. The summed E-state index contributed by atoms with van der Waals surface area (Å²) in [6.07, 6.45) is 0. The molecule has 0 unspecified atom stereocenters. The van der Waals surface area contributed by atoms with Crippen molar-refractivity contribution in [3.63, 3.8) is 0 Å². The highest BCUT2D eigenvalue weighted by atomic mass is 19.1. The van der Waals surface area contributed by atoms with E-state index in [9.17, 15) is 14.3 Å². The van der Waals surface area contributed by atoms with E-state index in [-0.39, 0.29) is 17.6 Å². The summed E-state index contributed by atoms with van der Waals surface area (Å²) in [5, 5.41) is 12.3. The molecule has 120 valence electrons. The van der Waals surface area contributed by atoms with E-state index in [1.807, 2.05) is 6.07 Å². The SMILES string of the molecule is O=C(Nc1ccc(F)cc1)N1CCN(c2cccc(O)c2)CC1. The van der Waals surface area contributed by atoms with Crippen LogP contribution in [0.3, 0.4) is 0 Å². The van der Waals surface area contributed by atoms with Gasteiger partial charge in [-0.1, -0.05) is 6.07 Å². The van der Waals surface area contributed by atoms with E-state index in [1.165, 1.54) is 24.3 Å². The smallest absolute Gasteiger partial charge is 0.321 e. The van der Waals surface area contributed by atoms with Crippen LogP contribution in [-0.2, 0) is 0 Å². The lowest BCUT2D eigenvalue weighted by atomic mass is 10.2. The van der Waals surface area contributed by atoms with Gasteiger partial charge >= 0.3 is 6.03 Å². The molecule has 0 radical (unpaired) electrons. The molecule has 2 aromatic rings. The van der Waals surface area contributed by atoms with Gasteiger partial charge in [0.15, 0.2) is 0 Å². The zero-order valence-corrected chi connectivity index (χ0v) is 12.6. The number of anilines is 2. The fourth-order valence-electron chi connectivity index (χ4n) is 2.59. The van der Waals surface area contributed by atoms with E-state index in [0.29, 0.717) is 31.9 Å². The second-order valence-electron chi connectivity index (χ2n) is 5.43. The van der Waals surface area contributed by atoms with Gasteiger partial charge in [0, 0.05) is 43.6 Å². The Balaban J connectivity index is 1.56. The average Bonchev–Trinajstić information content (AvgIpc) is 2.57. The number of nitrogens with one attached hydrogen (secondary N) is 1. The summed E-state index contributed by atoms with van der Waals surface area (Å²) < 4.78 is 12.9. The Labute approximate surface area is 133 Å². The molecule has 1 fully saturated rings. The van der Waals surface area contributed by atoms with Gasteiger partial charge in [0.05, 0.1) is 0 Å². The number of amides is 2. The number of piperazine rings is 1. The van der Waals surface area contributed by atoms with Gasteiger partial charge in [-0.2, -0.15) is 0 Å². The van der Waals surface area contributed by atoms with Crippen molar-refractivity contribution in [3.8, 4) is 5.75 Å². The summed E-state index contributed by atoms with van der Waals surface area (Å²) in [4.78, 5) is 16.1. The summed E-state index contributed by atoms with van der Waals surface area (Å²) in [5.41, 5.74) is 1.52. The van der Waals surface area contributed by atoms with E-state index in [0.717, 1.165) is 5.69 Å². The minimum Gasteiger partial charge on any atom is -0.508 e. The number of urea groups is 1. The standard InChI is InChI=1S/C17H18FN3O2/c18-13-4-6-14(7-5-13)19-17(23)21-10-8-20(9-11-21)15-2-1-3-16(22)12-15/h1-7,12,22H,8-11H2,(H,19,23). The Morgan fingerprint density at radius 2 is 1.74 bits per heavy atom. The van der Waals surface area contributed by atoms with E-state index in [1.54, 1.807) is 23.1 Å². The van der Waals surface area contributed by atoms with Crippen LogP contribution in [0.4, 0.5) is 20.6 Å². The van der Waals surface area contributed by atoms with Crippen molar-refractivity contribution < 1.29 is 14.3 Å². The highest BCUT2D eigenvalue weighted by Gasteiger charge is 2.21. The molecular formula is C17H18FN3O2. The molecule has 23 heavy (non-hydrogen) atoms. The molecular weight excluding hydrogens is 297 g/mol. The Kier molecular flexibility index (Phi) is 4.32. The predicted octanol–water partition coefficient (Wildman–Crippen LogP) is 2.89. The molecule has 1 aliphatic rings. The zero-order valence-electron chi connectivity index (χ0n) is 12.6. The number of phenols is 1. The average molecular weight is 315 g/mol. The monoisotopic (exact) mass is 315 g/mol. The maximum atomic E-state index is 12.9. The van der Waals surface area contributed by atoms with Crippen LogP contribution in [0.25, 0.3) is 0 Å². The molecule has 0 aromatic heterocycles. The van der Waals surface area contributed by atoms with E-state index in [4.69, 9.17) is 0 Å². The Morgan fingerprint density at radius 3 is 2.39 bits per heavy atom. The van der Waals surface area contributed by atoms with Gasteiger partial charge < -0.3 is 20.2 Å². The molecule has 2 N–H and O–H groups in total. The van der Waals surface area contributed by atoms with Crippen LogP contribution >= 0.6 is 0 Å². The van der Waals surface area contributed by atoms with Crippen LogP contribution in [0, 0.1) is 5.82 Å². The number of hydrogen-bond acceptors (Lipinski definition) is 3. The molecule has 0 atom stereocenters. The Bertz CT molecular complexity index is 682. The van der Waals surface area contributed by atoms with E-state index >= 15 is 0 Å². The van der Waals surface area contributed by atoms with E-state index in [2.05, 4.69) is 10.2 Å². The summed E-state index contributed by atoms with van der Waals surface area (Å²) in [6, 6.07) is 12.6. The van der Waals surface area contributed by atoms with Gasteiger partial charge in [0.1, 0.15) is 11.6 Å². The molecule has 1 saturated heterocycles. The lowest BCUT2D eigenvalue weighted by Gasteiger charge is -2.36. The first kappa shape index (κ1) is 15.1. The fourth-order valence-corrected chi connectivity index (χ4v) is 2.59. The minimum atomic E-state index is -0.331. The van der Waals surface area contributed by atoms with Crippen molar-refractivity contribution in [2.45, 2.75) is 0 Å². The number of halogens is 1. The first-order chi connectivity index (χ1) is 11.1. The summed E-state index contributed by atoms with van der Waals surface area (Å²) in [7, 11) is 0. The predicted molar refractivity (Wildman–Crippen MR) is 87.3 cm³/mol. The highest BCUT2D eigenvalue weighted by Crippen LogP contribution is 2.21. The number of nitrogens with zero attached hydrogens (tertiary/aromatic N) is 2. The molecule has 0 aliphatic carbocycles. The molecule has 1 heterocycles. The lowest BCUT2D eigenvalue weighted by molar-refractivity contribution is 0.208. The van der Waals surface area contributed by atoms with Gasteiger partial charge in [-0.3, -0.25) is 0 Å². The second kappa shape index (κ2) is 6.56. The third-order valence-electron chi connectivity index (χ3n) is 3.86. The molecule has 3 rings (SSSR count). The summed E-state index contributed by atoms with van der Waals surface area (Å²) in [6.45, 7) is 2.56. The number of carbonyl (C=O) groups is 1. The molecule has 6 heteroatoms. The molecule has 5 nitrogen and oxygen atoms in total. The third-order valence-corrected chi connectivity index (χ3v) is 3.86. The van der Waals surface area contributed by atoms with Gasteiger partial charge in [-0.05, 0) is 36.4 Å². The van der Waals surface area contributed by atoms with Crippen LogP contribution in [0.2, 0.25) is 0 Å². The number of phenolic OH excluding ortho intramolecular Hbond substituents is 1. The van der Waals surface area contributed by atoms with Crippen molar-refractivity contribution >= 4 is 17.4 Å². The number of hydrogen-bond donors (Lipinski definition) is 2. The van der Waals surface area contributed by atoms with E-state index < -0.39 is 0 Å². The molecule has 2 amide bonds. The number of benzene rings is 2. The van der Waals surface area contributed by atoms with Crippen molar-refractivity contribution in [1.82, 2.24) is 4.90 Å². The van der Waals surface area contributed by atoms with Crippen molar-refractivity contribution in [2.24, 2.45) is 0 Å². The number of aromatic hydroxyl groups is 1. The van der Waals surface area contributed by atoms with Crippen LogP contribution in [0.5, 0.6) is 5.75 Å². The van der Waals surface area contributed by atoms with Crippen molar-refractivity contribution in [1.29, 1.82) is 0 Å². The first-order valence-electron chi connectivity index (χ1n) is 7.47. The third kappa shape index (κ3) is 3.71. The molecule has 0 saturated carbocycles. The van der Waals surface area contributed by atoms with Gasteiger partial charge in [-0.25, -0.2) is 9.18 Å². The van der Waals surface area contributed by atoms with Crippen LogP contribution < -0.4 is 10.2 Å². The van der Waals surface area contributed by atoms with Crippen LogP contribution in [-0.4, -0.2) is 42.2 Å². The fraction of sp³-hybridized carbons (Fsp3) is 0.235. The van der Waals surface area contributed by atoms with Gasteiger partial charge in [0.2, 0.25) is 0 Å².